The van der Waals surface area contributed by atoms with E-state index < -0.39 is 0 Å². The lowest BCUT2D eigenvalue weighted by atomic mass is 10.1. The molecule has 0 amide bonds. The quantitative estimate of drug-likeness (QED) is 0.327. The minimum Gasteiger partial charge on any atom is -0.303 e. The van der Waals surface area contributed by atoms with Crippen molar-refractivity contribution in [3.05, 3.63) is 10.1 Å². The molecule has 0 aliphatic carbocycles. The van der Waals surface area contributed by atoms with E-state index in [4.69, 9.17) is 0 Å². The van der Waals surface area contributed by atoms with Gasteiger partial charge in [0, 0.05) is 17.3 Å². The number of nitrogens with zero attached hydrogens (tertiary/aromatic N) is 1. The maximum Gasteiger partial charge on any atom is 0.206 e. The van der Waals surface area contributed by atoms with E-state index in [0.717, 1.165) is 6.29 Å². The van der Waals surface area contributed by atoms with E-state index >= 15 is 0 Å². The number of aldehydes is 1. The van der Waals surface area contributed by atoms with Crippen molar-refractivity contribution in [1.29, 1.82) is 0 Å². The van der Waals surface area contributed by atoms with Gasteiger partial charge in [0.1, 0.15) is 6.29 Å². The fraction of sp³-hybridized carbons (Fsp3) is 0.833. The minimum atomic E-state index is -0.352. The number of carbonyl (C=O) groups excluding carboxylic acids is 1. The maximum atomic E-state index is 9.89. The highest BCUT2D eigenvalue weighted by atomic mass is 16.6. The van der Waals surface area contributed by atoms with Gasteiger partial charge in [-0.15, -0.1) is 0 Å². The van der Waals surface area contributed by atoms with Crippen LogP contribution in [0.25, 0.3) is 0 Å². The molecule has 0 aromatic carbocycles. The molecule has 0 aliphatic rings. The summed E-state index contributed by atoms with van der Waals surface area (Å²) in [5.74, 6) is 0.0141. The van der Waals surface area contributed by atoms with Crippen LogP contribution >= 0.6 is 0 Å². The predicted molar refractivity (Wildman–Crippen MR) is 36.3 cm³/mol. The molecule has 0 saturated heterocycles. The summed E-state index contributed by atoms with van der Waals surface area (Å²) >= 11 is 0. The van der Waals surface area contributed by atoms with E-state index in [-0.39, 0.29) is 17.4 Å². The molecule has 0 saturated carbocycles. The molecule has 4 nitrogen and oxygen atoms in total. The Hall–Kier alpha value is -0.930. The Balaban J connectivity index is 3.33. The molecule has 10 heavy (non-hydrogen) atoms. The summed E-state index contributed by atoms with van der Waals surface area (Å²) in [5, 5.41) is 9.89. The predicted octanol–water partition coefficient (Wildman–Crippen LogP) is 0.878. The third-order valence-corrected chi connectivity index (χ3v) is 1.24. The first kappa shape index (κ1) is 9.07. The molecule has 0 heterocycles. The zero-order chi connectivity index (χ0) is 7.98. The number of hydrogen-bond donors (Lipinski definition) is 0. The first-order chi connectivity index (χ1) is 4.66. The van der Waals surface area contributed by atoms with Crippen molar-refractivity contribution >= 4 is 6.29 Å². The Morgan fingerprint density at radius 1 is 1.70 bits per heavy atom. The first-order valence-corrected chi connectivity index (χ1v) is 3.22. The molecule has 0 aromatic heterocycles. The molecule has 0 radical (unpaired) electrons. The summed E-state index contributed by atoms with van der Waals surface area (Å²) in [5.41, 5.74) is 0. The van der Waals surface area contributed by atoms with E-state index in [1.165, 1.54) is 0 Å². The molecule has 1 atom stereocenters. The average molecular weight is 145 g/mol. The Bertz CT molecular complexity index is 124. The second kappa shape index (κ2) is 4.90. The number of carbonyl (C=O) groups is 1. The summed E-state index contributed by atoms with van der Waals surface area (Å²) in [7, 11) is 0. The monoisotopic (exact) mass is 145 g/mol. The molecular formula is C6H11NO3. The van der Waals surface area contributed by atoms with Gasteiger partial charge in [-0.2, -0.15) is 0 Å². The highest BCUT2D eigenvalue weighted by molar-refractivity contribution is 5.49. The van der Waals surface area contributed by atoms with E-state index in [0.29, 0.717) is 12.8 Å². The summed E-state index contributed by atoms with van der Waals surface area (Å²) < 4.78 is 0. The SMILES string of the molecule is CC(CCC=O)C[N+](=O)[O-]. The van der Waals surface area contributed by atoms with Gasteiger partial charge >= 0.3 is 0 Å². The number of hydrogen-bond acceptors (Lipinski definition) is 3. The molecule has 0 N–H and O–H groups in total. The van der Waals surface area contributed by atoms with E-state index in [1.54, 1.807) is 6.92 Å². The fourth-order valence-electron chi connectivity index (χ4n) is 0.698. The van der Waals surface area contributed by atoms with Crippen LogP contribution in [0.5, 0.6) is 0 Å². The highest BCUT2D eigenvalue weighted by Crippen LogP contribution is 2.02. The topological polar surface area (TPSA) is 60.2 Å². The lowest BCUT2D eigenvalue weighted by Crippen LogP contribution is -2.10. The molecule has 0 aliphatic heterocycles. The second-order valence-electron chi connectivity index (χ2n) is 2.36. The van der Waals surface area contributed by atoms with Gasteiger partial charge < -0.3 is 4.79 Å². The smallest absolute Gasteiger partial charge is 0.206 e. The van der Waals surface area contributed by atoms with Crippen LogP contribution in [0.1, 0.15) is 19.8 Å². The van der Waals surface area contributed by atoms with Crippen molar-refractivity contribution in [2.75, 3.05) is 6.54 Å². The van der Waals surface area contributed by atoms with Gasteiger partial charge in [0.05, 0.1) is 0 Å². The van der Waals surface area contributed by atoms with Crippen LogP contribution in [0.4, 0.5) is 0 Å². The molecule has 0 bridgehead atoms. The normalized spacial score (nSPS) is 12.5. The summed E-state index contributed by atoms with van der Waals surface area (Å²) in [6, 6.07) is 0. The third-order valence-electron chi connectivity index (χ3n) is 1.24. The number of nitro groups is 1. The summed E-state index contributed by atoms with van der Waals surface area (Å²) in [6.45, 7) is 1.74. The minimum absolute atomic E-state index is 0.0141. The van der Waals surface area contributed by atoms with Crippen LogP contribution in [0, 0.1) is 16.0 Å². The van der Waals surface area contributed by atoms with Crippen molar-refractivity contribution in [1.82, 2.24) is 0 Å². The van der Waals surface area contributed by atoms with Gasteiger partial charge in [-0.25, -0.2) is 0 Å². The van der Waals surface area contributed by atoms with Gasteiger partial charge in [0.25, 0.3) is 0 Å². The Morgan fingerprint density at radius 3 is 2.70 bits per heavy atom. The van der Waals surface area contributed by atoms with Crippen molar-refractivity contribution in [3.63, 3.8) is 0 Å². The Morgan fingerprint density at radius 2 is 2.30 bits per heavy atom. The summed E-state index contributed by atoms with van der Waals surface area (Å²) in [6.07, 6.45) is 1.83. The summed E-state index contributed by atoms with van der Waals surface area (Å²) in [4.78, 5) is 19.4. The van der Waals surface area contributed by atoms with Crippen molar-refractivity contribution < 1.29 is 9.72 Å². The van der Waals surface area contributed by atoms with Crippen LogP contribution in [-0.4, -0.2) is 17.8 Å². The molecule has 0 spiro atoms. The molecule has 0 fully saturated rings. The molecular weight excluding hydrogens is 134 g/mol. The Labute approximate surface area is 59.4 Å². The lowest BCUT2D eigenvalue weighted by molar-refractivity contribution is -0.487. The van der Waals surface area contributed by atoms with Crippen molar-refractivity contribution in [3.8, 4) is 0 Å². The molecule has 0 rings (SSSR count). The maximum absolute atomic E-state index is 9.89. The standard InChI is InChI=1S/C6H11NO3/c1-6(3-2-4-8)5-7(9)10/h4,6H,2-3,5H2,1H3. The lowest BCUT2D eigenvalue weighted by Gasteiger charge is -2.01. The van der Waals surface area contributed by atoms with E-state index in [1.807, 2.05) is 0 Å². The Kier molecular flexibility index (Phi) is 4.45. The molecule has 1 unspecified atom stereocenters. The van der Waals surface area contributed by atoms with Gasteiger partial charge in [-0.05, 0) is 6.42 Å². The van der Waals surface area contributed by atoms with Crippen LogP contribution in [0.2, 0.25) is 0 Å². The molecule has 4 heteroatoms. The van der Waals surface area contributed by atoms with E-state index in [9.17, 15) is 14.9 Å². The van der Waals surface area contributed by atoms with Crippen LogP contribution in [0.15, 0.2) is 0 Å². The van der Waals surface area contributed by atoms with Crippen LogP contribution in [0.3, 0.4) is 0 Å². The highest BCUT2D eigenvalue weighted by Gasteiger charge is 2.07. The van der Waals surface area contributed by atoms with Gasteiger partial charge in [0.2, 0.25) is 6.54 Å². The average Bonchev–Trinajstić information content (AvgIpc) is 1.82. The molecule has 0 aromatic rings. The zero-order valence-electron chi connectivity index (χ0n) is 5.95. The fourth-order valence-corrected chi connectivity index (χ4v) is 0.698. The second-order valence-corrected chi connectivity index (χ2v) is 2.36. The van der Waals surface area contributed by atoms with Crippen molar-refractivity contribution in [2.24, 2.45) is 5.92 Å². The van der Waals surface area contributed by atoms with Crippen molar-refractivity contribution in [2.45, 2.75) is 19.8 Å². The molecule has 58 valence electrons. The van der Waals surface area contributed by atoms with Crippen LogP contribution < -0.4 is 0 Å². The largest absolute Gasteiger partial charge is 0.303 e. The van der Waals surface area contributed by atoms with Gasteiger partial charge in [0.15, 0.2) is 0 Å². The zero-order valence-corrected chi connectivity index (χ0v) is 5.95. The number of rotatable bonds is 5. The van der Waals surface area contributed by atoms with Gasteiger partial charge in [-0.1, -0.05) is 6.92 Å². The first-order valence-electron chi connectivity index (χ1n) is 3.22. The van der Waals surface area contributed by atoms with Crippen LogP contribution in [-0.2, 0) is 4.79 Å². The van der Waals surface area contributed by atoms with E-state index in [2.05, 4.69) is 0 Å². The third kappa shape index (κ3) is 5.21. The van der Waals surface area contributed by atoms with Gasteiger partial charge in [-0.3, -0.25) is 10.1 Å².